The van der Waals surface area contributed by atoms with E-state index in [0.717, 1.165) is 43.3 Å². The molecule has 9 heteroatoms. The molecule has 25 heavy (non-hydrogen) atoms. The normalized spacial score (nSPS) is 20.8. The van der Waals surface area contributed by atoms with E-state index in [9.17, 15) is 13.2 Å². The van der Waals surface area contributed by atoms with Crippen LogP contribution < -0.4 is 10.2 Å². The van der Waals surface area contributed by atoms with Crippen molar-refractivity contribution in [1.29, 1.82) is 0 Å². The Hall–Kier alpha value is -2.45. The molecule has 1 saturated carbocycles. The Bertz CT molecular complexity index is 762. The molecule has 3 heterocycles. The van der Waals surface area contributed by atoms with Crippen molar-refractivity contribution < 1.29 is 13.2 Å². The smallest absolute Gasteiger partial charge is 0.365 e. The standard InChI is InChI=1S/C16H17F3N6/c17-16(18,19)12-7-14(22-9-21-12)25-6-4-11(8-25)23-13-3-5-20-15(24-13)10-1-2-10/h3,5,7,9-11H,1-2,4,6,8H2,(H,20,23,24). The maximum atomic E-state index is 12.8. The highest BCUT2D eigenvalue weighted by atomic mass is 19.4. The van der Waals surface area contributed by atoms with Gasteiger partial charge in [-0.05, 0) is 25.3 Å². The lowest BCUT2D eigenvalue weighted by molar-refractivity contribution is -0.141. The zero-order valence-corrected chi connectivity index (χ0v) is 13.4. The van der Waals surface area contributed by atoms with E-state index >= 15 is 0 Å². The van der Waals surface area contributed by atoms with Crippen LogP contribution in [-0.2, 0) is 6.18 Å². The molecule has 1 saturated heterocycles. The topological polar surface area (TPSA) is 66.8 Å². The third-order valence-corrected chi connectivity index (χ3v) is 4.42. The third kappa shape index (κ3) is 3.64. The van der Waals surface area contributed by atoms with Crippen LogP contribution in [0.15, 0.2) is 24.7 Å². The largest absolute Gasteiger partial charge is 0.433 e. The minimum atomic E-state index is -4.46. The van der Waals surface area contributed by atoms with Crippen LogP contribution in [0.2, 0.25) is 0 Å². The maximum absolute atomic E-state index is 12.8. The predicted octanol–water partition coefficient (Wildman–Crippen LogP) is 2.85. The van der Waals surface area contributed by atoms with Gasteiger partial charge in [0.2, 0.25) is 0 Å². The number of alkyl halides is 3. The fraction of sp³-hybridized carbons (Fsp3) is 0.500. The van der Waals surface area contributed by atoms with E-state index in [-0.39, 0.29) is 6.04 Å². The fourth-order valence-electron chi connectivity index (χ4n) is 2.96. The third-order valence-electron chi connectivity index (χ3n) is 4.42. The van der Waals surface area contributed by atoms with Gasteiger partial charge in [-0.3, -0.25) is 0 Å². The van der Waals surface area contributed by atoms with Gasteiger partial charge in [-0.1, -0.05) is 0 Å². The van der Waals surface area contributed by atoms with E-state index in [4.69, 9.17) is 0 Å². The Labute approximate surface area is 142 Å². The molecule has 1 aliphatic heterocycles. The first-order chi connectivity index (χ1) is 12.0. The number of anilines is 2. The average Bonchev–Trinajstić information content (AvgIpc) is 3.34. The van der Waals surface area contributed by atoms with E-state index in [1.165, 1.54) is 0 Å². The minimum absolute atomic E-state index is 0.103. The fourth-order valence-corrected chi connectivity index (χ4v) is 2.96. The molecule has 0 bridgehead atoms. The van der Waals surface area contributed by atoms with Gasteiger partial charge >= 0.3 is 6.18 Å². The Morgan fingerprint density at radius 3 is 2.72 bits per heavy atom. The summed E-state index contributed by atoms with van der Waals surface area (Å²) in [6.07, 6.45) is 1.32. The SMILES string of the molecule is FC(F)(F)c1cc(N2CCC(Nc3ccnc(C4CC4)n3)C2)ncn1. The summed E-state index contributed by atoms with van der Waals surface area (Å²) in [5.41, 5.74) is -0.918. The molecule has 2 aliphatic rings. The number of halogens is 3. The van der Waals surface area contributed by atoms with E-state index in [2.05, 4.69) is 25.3 Å². The molecule has 1 N–H and O–H groups in total. The molecule has 4 rings (SSSR count). The Balaban J connectivity index is 1.42. The van der Waals surface area contributed by atoms with Crippen LogP contribution in [0, 0.1) is 0 Å². The number of hydrogen-bond donors (Lipinski definition) is 1. The Morgan fingerprint density at radius 1 is 1.12 bits per heavy atom. The summed E-state index contributed by atoms with van der Waals surface area (Å²) in [4.78, 5) is 17.9. The monoisotopic (exact) mass is 350 g/mol. The van der Waals surface area contributed by atoms with Crippen molar-refractivity contribution in [2.24, 2.45) is 0 Å². The van der Waals surface area contributed by atoms with E-state index in [1.54, 1.807) is 6.20 Å². The Kier molecular flexibility index (Phi) is 3.93. The lowest BCUT2D eigenvalue weighted by Crippen LogP contribution is -2.27. The molecular weight excluding hydrogens is 333 g/mol. The van der Waals surface area contributed by atoms with Gasteiger partial charge in [0, 0.05) is 37.3 Å². The summed E-state index contributed by atoms with van der Waals surface area (Å²) in [6.45, 7) is 1.20. The number of aromatic nitrogens is 4. The summed E-state index contributed by atoms with van der Waals surface area (Å²) in [5, 5.41) is 3.35. The van der Waals surface area contributed by atoms with Crippen LogP contribution in [-0.4, -0.2) is 39.1 Å². The van der Waals surface area contributed by atoms with Crippen LogP contribution >= 0.6 is 0 Å². The van der Waals surface area contributed by atoms with Gasteiger partial charge in [-0.2, -0.15) is 13.2 Å². The summed E-state index contributed by atoms with van der Waals surface area (Å²) < 4.78 is 38.4. The summed E-state index contributed by atoms with van der Waals surface area (Å²) >= 11 is 0. The molecule has 0 radical (unpaired) electrons. The molecule has 2 fully saturated rings. The molecule has 0 aromatic carbocycles. The van der Waals surface area contributed by atoms with Crippen LogP contribution in [0.25, 0.3) is 0 Å². The number of rotatable bonds is 4. The quantitative estimate of drug-likeness (QED) is 0.915. The minimum Gasteiger partial charge on any atom is -0.365 e. The number of nitrogens with one attached hydrogen (secondary N) is 1. The van der Waals surface area contributed by atoms with Gasteiger partial charge < -0.3 is 10.2 Å². The molecule has 132 valence electrons. The second-order valence-electron chi connectivity index (χ2n) is 6.41. The summed E-state index contributed by atoms with van der Waals surface area (Å²) in [6, 6.07) is 2.92. The lowest BCUT2D eigenvalue weighted by atomic mass is 10.2. The molecule has 1 unspecified atom stereocenters. The van der Waals surface area contributed by atoms with Crippen molar-refractivity contribution >= 4 is 11.6 Å². The molecule has 6 nitrogen and oxygen atoms in total. The van der Waals surface area contributed by atoms with Gasteiger partial charge in [0.25, 0.3) is 0 Å². The van der Waals surface area contributed by atoms with Gasteiger partial charge in [0.1, 0.15) is 29.5 Å². The van der Waals surface area contributed by atoms with Crippen LogP contribution in [0.1, 0.15) is 36.7 Å². The summed E-state index contributed by atoms with van der Waals surface area (Å²) in [5.74, 6) is 2.41. The molecule has 0 amide bonds. The van der Waals surface area contributed by atoms with E-state index < -0.39 is 11.9 Å². The first kappa shape index (κ1) is 16.0. The van der Waals surface area contributed by atoms with Crippen molar-refractivity contribution in [2.45, 2.75) is 37.4 Å². The van der Waals surface area contributed by atoms with Crippen molar-refractivity contribution in [3.05, 3.63) is 36.2 Å². The van der Waals surface area contributed by atoms with Crippen molar-refractivity contribution in [3.8, 4) is 0 Å². The lowest BCUT2D eigenvalue weighted by Gasteiger charge is -2.19. The van der Waals surface area contributed by atoms with Crippen LogP contribution in [0.5, 0.6) is 0 Å². The van der Waals surface area contributed by atoms with Crippen molar-refractivity contribution in [1.82, 2.24) is 19.9 Å². The highest BCUT2D eigenvalue weighted by molar-refractivity contribution is 5.43. The number of hydrogen-bond acceptors (Lipinski definition) is 6. The first-order valence-electron chi connectivity index (χ1n) is 8.23. The van der Waals surface area contributed by atoms with E-state index in [0.29, 0.717) is 24.8 Å². The zero-order chi connectivity index (χ0) is 17.4. The van der Waals surface area contributed by atoms with Gasteiger partial charge in [0.15, 0.2) is 0 Å². The van der Waals surface area contributed by atoms with Crippen molar-refractivity contribution in [3.63, 3.8) is 0 Å². The van der Waals surface area contributed by atoms with Gasteiger partial charge in [0.05, 0.1) is 0 Å². The van der Waals surface area contributed by atoms with Gasteiger partial charge in [-0.15, -0.1) is 0 Å². The van der Waals surface area contributed by atoms with Crippen LogP contribution in [0.3, 0.4) is 0 Å². The molecule has 1 atom stereocenters. The molecule has 2 aromatic heterocycles. The second-order valence-corrected chi connectivity index (χ2v) is 6.41. The Morgan fingerprint density at radius 2 is 1.96 bits per heavy atom. The second kappa shape index (κ2) is 6.12. The molecular formula is C16H17F3N6. The summed E-state index contributed by atoms with van der Waals surface area (Å²) in [7, 11) is 0. The first-order valence-corrected chi connectivity index (χ1v) is 8.23. The van der Waals surface area contributed by atoms with Crippen molar-refractivity contribution in [2.75, 3.05) is 23.3 Å². The zero-order valence-electron chi connectivity index (χ0n) is 13.4. The maximum Gasteiger partial charge on any atom is 0.433 e. The highest BCUT2D eigenvalue weighted by Crippen LogP contribution is 2.38. The predicted molar refractivity (Wildman–Crippen MR) is 85.3 cm³/mol. The highest BCUT2D eigenvalue weighted by Gasteiger charge is 2.34. The van der Waals surface area contributed by atoms with Crippen LogP contribution in [0.4, 0.5) is 24.8 Å². The van der Waals surface area contributed by atoms with Gasteiger partial charge in [-0.25, -0.2) is 19.9 Å². The number of nitrogens with zero attached hydrogens (tertiary/aromatic N) is 5. The molecule has 2 aromatic rings. The average molecular weight is 350 g/mol. The molecule has 0 spiro atoms. The van der Waals surface area contributed by atoms with E-state index in [1.807, 2.05) is 11.0 Å². The molecule has 1 aliphatic carbocycles.